The number of anilines is 1. The van der Waals surface area contributed by atoms with Crippen molar-refractivity contribution >= 4 is 29.2 Å². The Labute approximate surface area is 183 Å². The van der Waals surface area contributed by atoms with Gasteiger partial charge in [0.2, 0.25) is 0 Å². The predicted octanol–water partition coefficient (Wildman–Crippen LogP) is 5.23. The van der Waals surface area contributed by atoms with Crippen molar-refractivity contribution in [2.75, 3.05) is 19.0 Å². The van der Waals surface area contributed by atoms with Gasteiger partial charge in [0.25, 0.3) is 5.91 Å². The summed E-state index contributed by atoms with van der Waals surface area (Å²) in [6, 6.07) is 12.1. The van der Waals surface area contributed by atoms with Gasteiger partial charge in [-0.15, -0.1) is 0 Å². The molecule has 0 radical (unpaired) electrons. The van der Waals surface area contributed by atoms with Crippen molar-refractivity contribution in [2.24, 2.45) is 5.92 Å². The van der Waals surface area contributed by atoms with E-state index in [0.29, 0.717) is 22.9 Å². The van der Waals surface area contributed by atoms with Crippen LogP contribution in [0.2, 0.25) is 5.02 Å². The fraction of sp³-hybridized carbons (Fsp3) is 0.417. The first-order valence-electron chi connectivity index (χ1n) is 10.5. The number of nitrogens with zero attached hydrogens (tertiary/aromatic N) is 1. The van der Waals surface area contributed by atoms with Crippen molar-refractivity contribution < 1.29 is 14.7 Å². The number of halogens is 1. The summed E-state index contributed by atoms with van der Waals surface area (Å²) < 4.78 is 0. The first-order valence-corrected chi connectivity index (χ1v) is 10.8. The molecule has 1 saturated carbocycles. The Morgan fingerprint density at radius 1 is 1.10 bits per heavy atom. The van der Waals surface area contributed by atoms with Crippen LogP contribution in [0.5, 0.6) is 0 Å². The van der Waals surface area contributed by atoms with Crippen LogP contribution in [-0.2, 0) is 4.79 Å². The van der Waals surface area contributed by atoms with Gasteiger partial charge in [0, 0.05) is 35.9 Å². The van der Waals surface area contributed by atoms with Gasteiger partial charge in [0.1, 0.15) is 6.04 Å². The second-order valence-electron chi connectivity index (χ2n) is 8.24. The van der Waals surface area contributed by atoms with E-state index in [1.165, 1.54) is 6.42 Å². The standard InChI is InChI=1S/C24H29ClN2O3/c1-27(2)19-11-8-17(9-12-19)20-15-18(10-13-21(20)25)23(28)26-22(24(29)30)14-16-6-4-3-5-7-16/h8-13,15-16,22H,3-7,14H2,1-2H3,(H,26,28)(H,29,30). The Hall–Kier alpha value is -2.53. The topological polar surface area (TPSA) is 69.6 Å². The number of rotatable bonds is 7. The second-order valence-corrected chi connectivity index (χ2v) is 8.65. The molecular weight excluding hydrogens is 400 g/mol. The molecule has 0 bridgehead atoms. The van der Waals surface area contributed by atoms with E-state index in [1.54, 1.807) is 18.2 Å². The Balaban J connectivity index is 1.76. The normalized spacial score (nSPS) is 15.4. The van der Waals surface area contributed by atoms with Crippen molar-refractivity contribution in [1.29, 1.82) is 0 Å². The molecule has 1 fully saturated rings. The molecular formula is C24H29ClN2O3. The summed E-state index contributed by atoms with van der Waals surface area (Å²) in [4.78, 5) is 26.6. The fourth-order valence-corrected chi connectivity index (χ4v) is 4.27. The molecule has 160 valence electrons. The van der Waals surface area contributed by atoms with Gasteiger partial charge in [-0.05, 0) is 48.2 Å². The number of amides is 1. The molecule has 1 atom stereocenters. The summed E-state index contributed by atoms with van der Waals surface area (Å²) >= 11 is 6.39. The van der Waals surface area contributed by atoms with Crippen molar-refractivity contribution in [3.63, 3.8) is 0 Å². The van der Waals surface area contributed by atoms with Gasteiger partial charge in [-0.25, -0.2) is 4.79 Å². The maximum atomic E-state index is 12.8. The first kappa shape index (κ1) is 22.2. The Kier molecular flexibility index (Phi) is 7.38. The average Bonchev–Trinajstić information content (AvgIpc) is 2.74. The SMILES string of the molecule is CN(C)c1ccc(-c2cc(C(=O)NC(CC3CCCCC3)C(=O)O)ccc2Cl)cc1. The lowest BCUT2D eigenvalue weighted by Gasteiger charge is -2.25. The second kappa shape index (κ2) is 9.98. The van der Waals surface area contributed by atoms with Crippen LogP contribution < -0.4 is 10.2 Å². The number of carboxylic acid groups (broad SMARTS) is 1. The van der Waals surface area contributed by atoms with E-state index in [9.17, 15) is 14.7 Å². The number of benzene rings is 2. The summed E-state index contributed by atoms with van der Waals surface area (Å²) in [5, 5.41) is 12.9. The molecule has 1 aliphatic rings. The third-order valence-electron chi connectivity index (χ3n) is 5.82. The van der Waals surface area contributed by atoms with Crippen LogP contribution in [0.25, 0.3) is 11.1 Å². The van der Waals surface area contributed by atoms with Crippen molar-refractivity contribution in [3.05, 3.63) is 53.1 Å². The molecule has 1 aliphatic carbocycles. The van der Waals surface area contributed by atoms with Crippen LogP contribution in [0.3, 0.4) is 0 Å². The molecule has 0 spiro atoms. The lowest BCUT2D eigenvalue weighted by molar-refractivity contribution is -0.139. The first-order chi connectivity index (χ1) is 14.3. The van der Waals surface area contributed by atoms with E-state index in [2.05, 4.69) is 5.32 Å². The Morgan fingerprint density at radius 3 is 2.37 bits per heavy atom. The third-order valence-corrected chi connectivity index (χ3v) is 6.15. The molecule has 0 aliphatic heterocycles. The molecule has 30 heavy (non-hydrogen) atoms. The van der Waals surface area contributed by atoms with Crippen LogP contribution in [0, 0.1) is 5.92 Å². The van der Waals surface area contributed by atoms with Gasteiger partial charge >= 0.3 is 5.97 Å². The highest BCUT2D eigenvalue weighted by molar-refractivity contribution is 6.33. The molecule has 3 rings (SSSR count). The van der Waals surface area contributed by atoms with Gasteiger partial charge in [0.15, 0.2) is 0 Å². The molecule has 0 heterocycles. The lowest BCUT2D eigenvalue weighted by atomic mass is 9.85. The van der Waals surface area contributed by atoms with Crippen molar-refractivity contribution in [1.82, 2.24) is 5.32 Å². The van der Waals surface area contributed by atoms with Crippen LogP contribution in [0.15, 0.2) is 42.5 Å². The monoisotopic (exact) mass is 428 g/mol. The van der Waals surface area contributed by atoms with Crippen LogP contribution in [-0.4, -0.2) is 37.1 Å². The highest BCUT2D eigenvalue weighted by Crippen LogP contribution is 2.31. The molecule has 2 aromatic rings. The Morgan fingerprint density at radius 2 is 1.77 bits per heavy atom. The zero-order valence-electron chi connectivity index (χ0n) is 17.5. The molecule has 0 saturated heterocycles. The molecule has 1 amide bonds. The Bertz CT molecular complexity index is 890. The summed E-state index contributed by atoms with van der Waals surface area (Å²) in [5.41, 5.74) is 3.11. The summed E-state index contributed by atoms with van der Waals surface area (Å²) in [5.74, 6) is -1.01. The van der Waals surface area contributed by atoms with Crippen molar-refractivity contribution in [3.8, 4) is 11.1 Å². The van der Waals surface area contributed by atoms with E-state index in [-0.39, 0.29) is 5.91 Å². The van der Waals surface area contributed by atoms with Crippen LogP contribution in [0.1, 0.15) is 48.9 Å². The average molecular weight is 429 g/mol. The highest BCUT2D eigenvalue weighted by Gasteiger charge is 2.26. The van der Waals surface area contributed by atoms with E-state index >= 15 is 0 Å². The summed E-state index contributed by atoms with van der Waals surface area (Å²) in [7, 11) is 3.94. The van der Waals surface area contributed by atoms with Gasteiger partial charge in [-0.2, -0.15) is 0 Å². The molecule has 5 nitrogen and oxygen atoms in total. The lowest BCUT2D eigenvalue weighted by Crippen LogP contribution is -2.42. The van der Waals surface area contributed by atoms with Gasteiger partial charge in [-0.3, -0.25) is 4.79 Å². The van der Waals surface area contributed by atoms with Gasteiger partial charge in [-0.1, -0.05) is 55.8 Å². The maximum Gasteiger partial charge on any atom is 0.326 e. The number of hydrogen-bond acceptors (Lipinski definition) is 3. The van der Waals surface area contributed by atoms with E-state index in [0.717, 1.165) is 42.5 Å². The number of nitrogens with one attached hydrogen (secondary N) is 1. The molecule has 0 aromatic heterocycles. The van der Waals surface area contributed by atoms with E-state index in [1.807, 2.05) is 43.3 Å². The fourth-order valence-electron chi connectivity index (χ4n) is 4.05. The number of carbonyl (C=O) groups excluding carboxylic acids is 1. The van der Waals surface area contributed by atoms with Gasteiger partial charge in [0.05, 0.1) is 0 Å². The molecule has 2 aromatic carbocycles. The third kappa shape index (κ3) is 5.54. The number of hydrogen-bond donors (Lipinski definition) is 2. The minimum absolute atomic E-state index is 0.358. The molecule has 2 N–H and O–H groups in total. The number of aliphatic carboxylic acids is 1. The van der Waals surface area contributed by atoms with E-state index in [4.69, 9.17) is 11.6 Å². The van der Waals surface area contributed by atoms with Crippen LogP contribution >= 0.6 is 11.6 Å². The summed E-state index contributed by atoms with van der Waals surface area (Å²) in [6.45, 7) is 0. The molecule has 1 unspecified atom stereocenters. The predicted molar refractivity (Wildman–Crippen MR) is 121 cm³/mol. The van der Waals surface area contributed by atoms with E-state index < -0.39 is 12.0 Å². The minimum atomic E-state index is -0.984. The minimum Gasteiger partial charge on any atom is -0.480 e. The largest absolute Gasteiger partial charge is 0.480 e. The highest BCUT2D eigenvalue weighted by atomic mass is 35.5. The zero-order valence-corrected chi connectivity index (χ0v) is 18.3. The van der Waals surface area contributed by atoms with Gasteiger partial charge < -0.3 is 15.3 Å². The number of carbonyl (C=O) groups is 2. The summed E-state index contributed by atoms with van der Waals surface area (Å²) in [6.07, 6.45) is 6.04. The smallest absolute Gasteiger partial charge is 0.326 e. The molecule has 6 heteroatoms. The zero-order chi connectivity index (χ0) is 21.7. The van der Waals surface area contributed by atoms with Crippen molar-refractivity contribution in [2.45, 2.75) is 44.6 Å². The quantitative estimate of drug-likeness (QED) is 0.633. The number of carboxylic acids is 1. The maximum absolute atomic E-state index is 12.8. The van der Waals surface area contributed by atoms with Crippen LogP contribution in [0.4, 0.5) is 5.69 Å².